The quantitative estimate of drug-likeness (QED) is 0.602. The summed E-state index contributed by atoms with van der Waals surface area (Å²) in [6.45, 7) is 7.15. The Bertz CT molecular complexity index is 689. The summed E-state index contributed by atoms with van der Waals surface area (Å²) in [6.07, 6.45) is 3.59. The van der Waals surface area contributed by atoms with E-state index in [4.69, 9.17) is 4.74 Å². The highest BCUT2D eigenvalue weighted by Gasteiger charge is 2.23. The lowest BCUT2D eigenvalue weighted by Crippen LogP contribution is -2.47. The van der Waals surface area contributed by atoms with Crippen molar-refractivity contribution >= 4 is 15.9 Å². The van der Waals surface area contributed by atoms with E-state index in [1.807, 2.05) is 6.92 Å². The van der Waals surface area contributed by atoms with Crippen molar-refractivity contribution in [2.24, 2.45) is 4.40 Å². The van der Waals surface area contributed by atoms with Gasteiger partial charge in [-0.1, -0.05) is 24.1 Å². The number of sulfonamides is 1. The van der Waals surface area contributed by atoms with Crippen LogP contribution in [0.15, 0.2) is 33.6 Å². The van der Waals surface area contributed by atoms with E-state index in [0.29, 0.717) is 38.7 Å². The number of hydrogen-bond acceptors (Lipinski definition) is 4. The molecule has 1 aromatic rings. The smallest absolute Gasteiger partial charge is 0.283 e. The van der Waals surface area contributed by atoms with Crippen LogP contribution in [0, 0.1) is 6.92 Å². The van der Waals surface area contributed by atoms with Crippen molar-refractivity contribution in [3.05, 3.63) is 29.8 Å². The van der Waals surface area contributed by atoms with Gasteiger partial charge in [0.05, 0.1) is 24.7 Å². The minimum atomic E-state index is -3.70. The van der Waals surface area contributed by atoms with Crippen LogP contribution in [0.1, 0.15) is 24.8 Å². The van der Waals surface area contributed by atoms with Gasteiger partial charge in [0.15, 0.2) is 0 Å². The summed E-state index contributed by atoms with van der Waals surface area (Å²) < 4.78 is 35.2. The highest BCUT2D eigenvalue weighted by Crippen LogP contribution is 2.16. The fourth-order valence-corrected chi connectivity index (χ4v) is 4.26. The third-order valence-corrected chi connectivity index (χ3v) is 6.05. The molecule has 25 heavy (non-hydrogen) atoms. The Kier molecular flexibility index (Phi) is 6.09. The molecule has 1 aromatic carbocycles. The molecular formula is C18H27N3O3S. The van der Waals surface area contributed by atoms with Gasteiger partial charge in [-0.3, -0.25) is 4.90 Å². The van der Waals surface area contributed by atoms with E-state index in [9.17, 15) is 8.42 Å². The predicted octanol–water partition coefficient (Wildman–Crippen LogP) is 1.90. The summed E-state index contributed by atoms with van der Waals surface area (Å²) in [6, 6.07) is 6.88. The SMILES string of the molecule is Cc1ccc(S(=O)(=O)N=C(CN2CCCCC2)N2CCOCC2)cc1. The maximum absolute atomic E-state index is 12.8. The molecule has 2 aliphatic rings. The monoisotopic (exact) mass is 365 g/mol. The molecule has 2 heterocycles. The lowest BCUT2D eigenvalue weighted by Gasteiger charge is -2.34. The molecule has 0 saturated carbocycles. The Labute approximate surface area is 150 Å². The van der Waals surface area contributed by atoms with Crippen LogP contribution in [0.3, 0.4) is 0 Å². The van der Waals surface area contributed by atoms with Gasteiger partial charge in [0.2, 0.25) is 0 Å². The van der Waals surface area contributed by atoms with Gasteiger partial charge in [0.25, 0.3) is 10.0 Å². The highest BCUT2D eigenvalue weighted by atomic mass is 32.2. The fraction of sp³-hybridized carbons (Fsp3) is 0.611. The van der Waals surface area contributed by atoms with Crippen molar-refractivity contribution in [2.45, 2.75) is 31.1 Å². The fourth-order valence-electron chi connectivity index (χ4n) is 3.23. The number of benzene rings is 1. The van der Waals surface area contributed by atoms with Crippen molar-refractivity contribution in [3.8, 4) is 0 Å². The van der Waals surface area contributed by atoms with Crippen LogP contribution in [0.4, 0.5) is 0 Å². The average Bonchev–Trinajstić information content (AvgIpc) is 2.63. The molecule has 0 aromatic heterocycles. The van der Waals surface area contributed by atoms with Crippen LogP contribution < -0.4 is 0 Å². The Morgan fingerprint density at radius 1 is 1.04 bits per heavy atom. The van der Waals surface area contributed by atoms with Gasteiger partial charge in [-0.2, -0.15) is 8.42 Å². The number of hydrogen-bond donors (Lipinski definition) is 0. The first-order chi connectivity index (χ1) is 12.0. The van der Waals surface area contributed by atoms with E-state index < -0.39 is 10.0 Å². The van der Waals surface area contributed by atoms with Crippen molar-refractivity contribution in [1.82, 2.24) is 9.80 Å². The molecule has 2 aliphatic heterocycles. The minimum Gasteiger partial charge on any atom is -0.378 e. The van der Waals surface area contributed by atoms with Crippen molar-refractivity contribution in [3.63, 3.8) is 0 Å². The number of ether oxygens (including phenoxy) is 1. The average molecular weight is 365 g/mol. The molecule has 2 fully saturated rings. The standard InChI is InChI=1S/C18H27N3O3S/c1-16-5-7-17(8-6-16)25(22,23)19-18(21-11-13-24-14-12-21)15-20-9-3-2-4-10-20/h5-8H,2-4,9-15H2,1H3. The summed E-state index contributed by atoms with van der Waals surface area (Å²) in [5.74, 6) is 0.644. The normalized spacial score (nSPS) is 20.7. The number of morpholine rings is 1. The van der Waals surface area contributed by atoms with E-state index >= 15 is 0 Å². The molecule has 7 heteroatoms. The molecule has 0 N–H and O–H groups in total. The third kappa shape index (κ3) is 5.03. The van der Waals surface area contributed by atoms with Crippen LogP contribution in [0.2, 0.25) is 0 Å². The summed E-state index contributed by atoms with van der Waals surface area (Å²) >= 11 is 0. The first kappa shape index (κ1) is 18.4. The summed E-state index contributed by atoms with van der Waals surface area (Å²) in [7, 11) is -3.70. The first-order valence-corrected chi connectivity index (χ1v) is 10.4. The number of rotatable bonds is 4. The van der Waals surface area contributed by atoms with Gasteiger partial charge in [-0.25, -0.2) is 0 Å². The highest BCUT2D eigenvalue weighted by molar-refractivity contribution is 7.90. The zero-order valence-corrected chi connectivity index (χ0v) is 15.7. The van der Waals surface area contributed by atoms with Gasteiger partial charge in [-0.15, -0.1) is 4.40 Å². The molecule has 3 rings (SSSR count). The van der Waals surface area contributed by atoms with Gasteiger partial charge in [0.1, 0.15) is 5.84 Å². The van der Waals surface area contributed by atoms with E-state index in [0.717, 1.165) is 18.7 Å². The Balaban J connectivity index is 1.85. The lowest BCUT2D eigenvalue weighted by molar-refractivity contribution is 0.0661. The minimum absolute atomic E-state index is 0.252. The van der Waals surface area contributed by atoms with Gasteiger partial charge < -0.3 is 9.64 Å². The van der Waals surface area contributed by atoms with Crippen LogP contribution in [0.5, 0.6) is 0 Å². The Morgan fingerprint density at radius 3 is 2.32 bits per heavy atom. The van der Waals surface area contributed by atoms with Gasteiger partial charge in [-0.05, 0) is 45.0 Å². The van der Waals surface area contributed by atoms with Crippen LogP contribution in [-0.2, 0) is 14.8 Å². The lowest BCUT2D eigenvalue weighted by atomic mass is 10.1. The number of piperidine rings is 1. The molecule has 0 aliphatic carbocycles. The Hall–Kier alpha value is -1.44. The zero-order chi connectivity index (χ0) is 17.7. The van der Waals surface area contributed by atoms with Crippen molar-refractivity contribution in [2.75, 3.05) is 45.9 Å². The van der Waals surface area contributed by atoms with Crippen LogP contribution in [0.25, 0.3) is 0 Å². The number of nitrogens with zero attached hydrogens (tertiary/aromatic N) is 3. The molecule has 138 valence electrons. The number of amidine groups is 1. The maximum Gasteiger partial charge on any atom is 0.283 e. The second-order valence-corrected chi connectivity index (χ2v) is 8.34. The third-order valence-electron chi connectivity index (χ3n) is 4.73. The molecule has 0 unspecified atom stereocenters. The molecular weight excluding hydrogens is 338 g/mol. The number of likely N-dealkylation sites (tertiary alicyclic amines) is 1. The molecule has 0 radical (unpaired) electrons. The second kappa shape index (κ2) is 8.29. The zero-order valence-electron chi connectivity index (χ0n) is 14.9. The van der Waals surface area contributed by atoms with Crippen molar-refractivity contribution in [1.29, 1.82) is 0 Å². The molecule has 0 bridgehead atoms. The van der Waals surface area contributed by atoms with E-state index in [1.54, 1.807) is 24.3 Å². The first-order valence-electron chi connectivity index (χ1n) is 9.00. The largest absolute Gasteiger partial charge is 0.378 e. The van der Waals surface area contributed by atoms with E-state index in [-0.39, 0.29) is 4.90 Å². The van der Waals surface area contributed by atoms with E-state index in [1.165, 1.54) is 19.3 Å². The van der Waals surface area contributed by atoms with Crippen molar-refractivity contribution < 1.29 is 13.2 Å². The van der Waals surface area contributed by atoms with Gasteiger partial charge in [0, 0.05) is 13.1 Å². The predicted molar refractivity (Wildman–Crippen MR) is 98.5 cm³/mol. The molecule has 0 amide bonds. The molecule has 0 spiro atoms. The molecule has 0 atom stereocenters. The van der Waals surface area contributed by atoms with Gasteiger partial charge >= 0.3 is 0 Å². The van der Waals surface area contributed by atoms with Crippen LogP contribution in [-0.4, -0.2) is 70.0 Å². The topological polar surface area (TPSA) is 62.2 Å². The summed E-state index contributed by atoms with van der Waals surface area (Å²) in [5, 5.41) is 0. The second-order valence-electron chi connectivity index (χ2n) is 6.73. The summed E-state index contributed by atoms with van der Waals surface area (Å²) in [5.41, 5.74) is 1.03. The molecule has 6 nitrogen and oxygen atoms in total. The Morgan fingerprint density at radius 2 is 1.68 bits per heavy atom. The maximum atomic E-state index is 12.8. The van der Waals surface area contributed by atoms with Crippen LogP contribution >= 0.6 is 0 Å². The number of aryl methyl sites for hydroxylation is 1. The van der Waals surface area contributed by atoms with E-state index in [2.05, 4.69) is 14.2 Å². The molecule has 2 saturated heterocycles. The summed E-state index contributed by atoms with van der Waals surface area (Å²) in [4.78, 5) is 4.62.